The van der Waals surface area contributed by atoms with Crippen LogP contribution < -0.4 is 5.32 Å². The second-order valence-electron chi connectivity index (χ2n) is 2.34. The average Bonchev–Trinajstić information content (AvgIpc) is 2.45. The van der Waals surface area contributed by atoms with Gasteiger partial charge in [0.2, 0.25) is 11.7 Å². The van der Waals surface area contributed by atoms with Crippen molar-refractivity contribution >= 4 is 5.91 Å². The Morgan fingerprint density at radius 2 is 2.58 bits per heavy atom. The van der Waals surface area contributed by atoms with Crippen LogP contribution in [0.2, 0.25) is 0 Å². The fourth-order valence-corrected chi connectivity index (χ4v) is 0.937. The van der Waals surface area contributed by atoms with Gasteiger partial charge >= 0.3 is 0 Å². The van der Waals surface area contributed by atoms with Crippen LogP contribution in [-0.2, 0) is 9.63 Å². The minimum absolute atomic E-state index is 0.158. The summed E-state index contributed by atoms with van der Waals surface area (Å²) in [4.78, 5) is 16.0. The molecule has 1 aliphatic heterocycles. The highest BCUT2D eigenvalue weighted by molar-refractivity contribution is 5.83. The Balaban J connectivity index is 2.74. The largest absolute Gasteiger partial charge is 0.394 e. The van der Waals surface area contributed by atoms with E-state index >= 15 is 0 Å². The van der Waals surface area contributed by atoms with Crippen molar-refractivity contribution < 1.29 is 9.63 Å². The second-order valence-corrected chi connectivity index (χ2v) is 2.34. The van der Waals surface area contributed by atoms with Gasteiger partial charge in [-0.15, -0.1) is 5.06 Å². The molecule has 0 aromatic carbocycles. The summed E-state index contributed by atoms with van der Waals surface area (Å²) in [6.45, 7) is 0. The number of hydrogen-bond acceptors (Lipinski definition) is 4. The van der Waals surface area contributed by atoms with Gasteiger partial charge < -0.3 is 10.2 Å². The Kier molecular flexibility index (Phi) is 2.31. The molecular weight excluding hydrogens is 158 g/mol. The smallest absolute Gasteiger partial charge is 0.244 e. The molecule has 1 amide bonds. The SMILES string of the molecule is CNC(=O)C1C=C(C#N)ON1C. The fraction of sp³-hybridized carbons (Fsp3) is 0.429. The predicted molar refractivity (Wildman–Crippen MR) is 40.4 cm³/mol. The number of amides is 1. The first-order chi connectivity index (χ1) is 5.69. The van der Waals surface area contributed by atoms with Crippen LogP contribution in [0.5, 0.6) is 0 Å². The maximum atomic E-state index is 11.1. The van der Waals surface area contributed by atoms with Crippen molar-refractivity contribution in [3.63, 3.8) is 0 Å². The van der Waals surface area contributed by atoms with Crippen molar-refractivity contribution in [1.29, 1.82) is 5.26 Å². The molecule has 0 aromatic rings. The van der Waals surface area contributed by atoms with Crippen LogP contribution in [0.15, 0.2) is 11.8 Å². The van der Waals surface area contributed by atoms with Gasteiger partial charge in [-0.25, -0.2) is 0 Å². The lowest BCUT2D eigenvalue weighted by atomic mass is 10.2. The number of nitrogens with zero attached hydrogens (tertiary/aromatic N) is 2. The number of carbonyl (C=O) groups excluding carboxylic acids is 1. The third-order valence-electron chi connectivity index (χ3n) is 1.57. The molecule has 5 nitrogen and oxygen atoms in total. The first-order valence-corrected chi connectivity index (χ1v) is 3.43. The summed E-state index contributed by atoms with van der Waals surface area (Å²) in [7, 11) is 3.13. The predicted octanol–water partition coefficient (Wildman–Crippen LogP) is -0.615. The normalized spacial score (nSPS) is 22.4. The number of hydrogen-bond donors (Lipinski definition) is 1. The van der Waals surface area contributed by atoms with Crippen LogP contribution in [0.3, 0.4) is 0 Å². The van der Waals surface area contributed by atoms with Gasteiger partial charge in [-0.05, 0) is 0 Å². The van der Waals surface area contributed by atoms with Gasteiger partial charge in [0, 0.05) is 20.2 Å². The van der Waals surface area contributed by atoms with Crippen molar-refractivity contribution in [2.45, 2.75) is 6.04 Å². The van der Waals surface area contributed by atoms with E-state index in [1.54, 1.807) is 7.05 Å². The van der Waals surface area contributed by atoms with Crippen LogP contribution in [0, 0.1) is 11.3 Å². The van der Waals surface area contributed by atoms with Crippen LogP contribution in [0.4, 0.5) is 0 Å². The quantitative estimate of drug-likeness (QED) is 0.565. The second kappa shape index (κ2) is 3.24. The maximum absolute atomic E-state index is 11.1. The third kappa shape index (κ3) is 1.38. The van der Waals surface area contributed by atoms with Gasteiger partial charge in [-0.3, -0.25) is 4.79 Å². The molecule has 0 radical (unpaired) electrons. The van der Waals surface area contributed by atoms with Crippen LogP contribution in [0.1, 0.15) is 0 Å². The number of rotatable bonds is 1. The number of nitrogens with one attached hydrogen (secondary N) is 1. The Morgan fingerprint density at radius 3 is 3.00 bits per heavy atom. The lowest BCUT2D eigenvalue weighted by molar-refractivity contribution is -0.138. The van der Waals surface area contributed by atoms with E-state index in [9.17, 15) is 4.79 Å². The summed E-state index contributed by atoms with van der Waals surface area (Å²) in [6, 6.07) is 1.32. The molecule has 0 saturated heterocycles. The first kappa shape index (κ1) is 8.56. The molecule has 0 aliphatic carbocycles. The van der Waals surface area contributed by atoms with E-state index in [1.165, 1.54) is 18.2 Å². The number of hydroxylamine groups is 2. The zero-order chi connectivity index (χ0) is 9.14. The van der Waals surface area contributed by atoms with Crippen molar-refractivity contribution in [3.05, 3.63) is 11.8 Å². The molecule has 12 heavy (non-hydrogen) atoms. The molecule has 0 aromatic heterocycles. The van der Waals surface area contributed by atoms with Crippen LogP contribution in [-0.4, -0.2) is 31.1 Å². The molecule has 1 rings (SSSR count). The summed E-state index contributed by atoms with van der Waals surface area (Å²) < 4.78 is 0. The van der Waals surface area contributed by atoms with E-state index in [0.717, 1.165) is 0 Å². The highest BCUT2D eigenvalue weighted by atomic mass is 16.7. The van der Waals surface area contributed by atoms with Crippen LogP contribution >= 0.6 is 0 Å². The minimum atomic E-state index is -0.496. The zero-order valence-corrected chi connectivity index (χ0v) is 6.87. The third-order valence-corrected chi connectivity index (χ3v) is 1.57. The molecule has 64 valence electrons. The standard InChI is InChI=1S/C7H9N3O2/c1-9-7(11)6-3-5(4-8)12-10(6)2/h3,6H,1-2H3,(H,9,11). The number of nitriles is 1. The summed E-state index contributed by atoms with van der Waals surface area (Å²) in [6.07, 6.45) is 1.47. The molecule has 5 heteroatoms. The average molecular weight is 167 g/mol. The molecule has 1 N–H and O–H groups in total. The van der Waals surface area contributed by atoms with E-state index in [2.05, 4.69) is 5.32 Å². The van der Waals surface area contributed by atoms with Gasteiger partial charge in [0.15, 0.2) is 0 Å². The lowest BCUT2D eigenvalue weighted by Crippen LogP contribution is -2.39. The summed E-state index contributed by atoms with van der Waals surface area (Å²) in [5.74, 6) is -0.0335. The molecule has 0 saturated carbocycles. The van der Waals surface area contributed by atoms with Crippen molar-refractivity contribution in [3.8, 4) is 6.07 Å². The molecule has 1 unspecified atom stereocenters. The molecule has 0 fully saturated rings. The molecule has 0 spiro atoms. The van der Waals surface area contributed by atoms with Crippen LogP contribution in [0.25, 0.3) is 0 Å². The minimum Gasteiger partial charge on any atom is -0.394 e. The Hall–Kier alpha value is -1.54. The van der Waals surface area contributed by atoms with Gasteiger partial charge in [0.1, 0.15) is 12.1 Å². The molecule has 1 heterocycles. The first-order valence-electron chi connectivity index (χ1n) is 3.43. The van der Waals surface area contributed by atoms with E-state index in [1.807, 2.05) is 6.07 Å². The molecule has 1 aliphatic rings. The topological polar surface area (TPSA) is 65.4 Å². The number of allylic oxidation sites excluding steroid dienone is 1. The molecular formula is C7H9N3O2. The highest BCUT2D eigenvalue weighted by Crippen LogP contribution is 2.14. The van der Waals surface area contributed by atoms with E-state index in [0.29, 0.717) is 0 Å². The highest BCUT2D eigenvalue weighted by Gasteiger charge is 2.28. The summed E-state index contributed by atoms with van der Waals surface area (Å²) in [5.41, 5.74) is 0. The summed E-state index contributed by atoms with van der Waals surface area (Å²) in [5, 5.41) is 12.3. The summed E-state index contributed by atoms with van der Waals surface area (Å²) >= 11 is 0. The van der Waals surface area contributed by atoms with Crippen molar-refractivity contribution in [1.82, 2.24) is 10.4 Å². The molecule has 1 atom stereocenters. The fourth-order valence-electron chi connectivity index (χ4n) is 0.937. The van der Waals surface area contributed by atoms with E-state index in [4.69, 9.17) is 10.1 Å². The van der Waals surface area contributed by atoms with E-state index in [-0.39, 0.29) is 11.7 Å². The van der Waals surface area contributed by atoms with E-state index < -0.39 is 6.04 Å². The van der Waals surface area contributed by atoms with Gasteiger partial charge in [0.05, 0.1) is 0 Å². The van der Waals surface area contributed by atoms with Gasteiger partial charge in [-0.1, -0.05) is 0 Å². The Labute approximate surface area is 70.2 Å². The Bertz CT molecular complexity index is 266. The zero-order valence-electron chi connectivity index (χ0n) is 6.87. The maximum Gasteiger partial charge on any atom is 0.244 e. The Morgan fingerprint density at radius 1 is 1.92 bits per heavy atom. The lowest BCUT2D eigenvalue weighted by Gasteiger charge is -2.15. The monoisotopic (exact) mass is 167 g/mol. The number of carbonyl (C=O) groups is 1. The number of likely N-dealkylation sites (N-methyl/N-ethyl adjacent to an activating group) is 2. The van der Waals surface area contributed by atoms with Gasteiger partial charge in [0.25, 0.3) is 0 Å². The molecule has 0 bridgehead atoms. The van der Waals surface area contributed by atoms with Gasteiger partial charge in [-0.2, -0.15) is 5.26 Å². The van der Waals surface area contributed by atoms with Crippen molar-refractivity contribution in [2.75, 3.05) is 14.1 Å². The van der Waals surface area contributed by atoms with Crippen molar-refractivity contribution in [2.24, 2.45) is 0 Å².